The number of Topliss-reactive ketones (excluding diaryl/α,β-unsaturated/α-hetero) is 1. The summed E-state index contributed by atoms with van der Waals surface area (Å²) in [5.74, 6) is 0.212. The molecule has 0 amide bonds. The van der Waals surface area contributed by atoms with Gasteiger partial charge in [0.2, 0.25) is 0 Å². The molecule has 0 bridgehead atoms. The minimum absolute atomic E-state index is 0.212. The normalized spacial score (nSPS) is 23.3. The van der Waals surface area contributed by atoms with Gasteiger partial charge in [0.25, 0.3) is 0 Å². The molecule has 3 heteroatoms. The largest absolute Gasteiger partial charge is 0.376 e. The van der Waals surface area contributed by atoms with E-state index in [0.717, 1.165) is 19.5 Å². The summed E-state index contributed by atoms with van der Waals surface area (Å²) in [5, 5.41) is 0. The third kappa shape index (κ3) is 3.76. The van der Waals surface area contributed by atoms with Crippen LogP contribution in [0.3, 0.4) is 0 Å². The number of hydrogen-bond donors (Lipinski definition) is 0. The highest BCUT2D eigenvalue weighted by Crippen LogP contribution is 2.15. The fourth-order valence-electron chi connectivity index (χ4n) is 1.73. The Morgan fingerprint density at radius 2 is 2.29 bits per heavy atom. The fourth-order valence-corrected chi connectivity index (χ4v) is 1.73. The molecule has 1 atom stereocenters. The molecule has 0 N–H and O–H groups in total. The van der Waals surface area contributed by atoms with Crippen LogP contribution in [0.25, 0.3) is 0 Å². The van der Waals surface area contributed by atoms with Gasteiger partial charge in [-0.25, -0.2) is 0 Å². The lowest BCUT2D eigenvalue weighted by atomic mass is 10.3. The molecule has 1 heterocycles. The summed E-state index contributed by atoms with van der Waals surface area (Å²) in [6.45, 7) is 8.76. The summed E-state index contributed by atoms with van der Waals surface area (Å²) in [6.07, 6.45) is 2.01. The second kappa shape index (κ2) is 5.47. The van der Waals surface area contributed by atoms with Crippen LogP contribution in [0.4, 0.5) is 0 Å². The Hall–Kier alpha value is -0.410. The van der Waals surface area contributed by atoms with Gasteiger partial charge in [0.1, 0.15) is 5.78 Å². The van der Waals surface area contributed by atoms with E-state index < -0.39 is 0 Å². The van der Waals surface area contributed by atoms with Crippen LogP contribution in [0.15, 0.2) is 0 Å². The van der Waals surface area contributed by atoms with Crippen LogP contribution in [0.1, 0.15) is 33.6 Å². The van der Waals surface area contributed by atoms with Crippen LogP contribution < -0.4 is 0 Å². The summed E-state index contributed by atoms with van der Waals surface area (Å²) in [5.41, 5.74) is 0. The van der Waals surface area contributed by atoms with Gasteiger partial charge in [-0.05, 0) is 27.2 Å². The lowest BCUT2D eigenvalue weighted by Gasteiger charge is -2.20. The molecule has 1 rings (SSSR count). The minimum atomic E-state index is 0.212. The lowest BCUT2D eigenvalue weighted by molar-refractivity contribution is -0.118. The van der Waals surface area contributed by atoms with Gasteiger partial charge in [0.15, 0.2) is 0 Å². The van der Waals surface area contributed by atoms with Crippen LogP contribution >= 0.6 is 0 Å². The van der Waals surface area contributed by atoms with E-state index in [1.165, 1.54) is 0 Å². The Morgan fingerprint density at radius 1 is 1.57 bits per heavy atom. The third-order valence-electron chi connectivity index (χ3n) is 2.71. The van der Waals surface area contributed by atoms with Gasteiger partial charge in [-0.1, -0.05) is 0 Å². The molecule has 0 aromatic rings. The van der Waals surface area contributed by atoms with Gasteiger partial charge in [-0.3, -0.25) is 9.69 Å². The number of nitrogens with zero attached hydrogens (tertiary/aromatic N) is 1. The minimum Gasteiger partial charge on any atom is -0.376 e. The molecule has 3 nitrogen and oxygen atoms in total. The first-order valence-electron chi connectivity index (χ1n) is 5.44. The van der Waals surface area contributed by atoms with Crippen LogP contribution in [-0.4, -0.2) is 42.5 Å². The number of rotatable bonds is 5. The highest BCUT2D eigenvalue weighted by atomic mass is 16.5. The summed E-state index contributed by atoms with van der Waals surface area (Å²) >= 11 is 0. The predicted molar refractivity (Wildman–Crippen MR) is 56.4 cm³/mol. The monoisotopic (exact) mass is 199 g/mol. The Kier molecular flexibility index (Phi) is 4.55. The van der Waals surface area contributed by atoms with Crippen LogP contribution in [-0.2, 0) is 9.53 Å². The van der Waals surface area contributed by atoms with Crippen molar-refractivity contribution >= 4 is 5.78 Å². The molecule has 0 saturated carbocycles. The Morgan fingerprint density at radius 3 is 2.79 bits per heavy atom. The molecule has 0 spiro atoms. The molecule has 1 fully saturated rings. The van der Waals surface area contributed by atoms with Crippen molar-refractivity contribution in [1.82, 2.24) is 4.90 Å². The zero-order valence-corrected chi connectivity index (χ0v) is 9.45. The number of carbonyl (C=O) groups excluding carboxylic acids is 1. The molecular weight excluding hydrogens is 178 g/mol. The standard InChI is InChI=1S/C11H21NO2/c1-9(2)12-6-4-11(8-12)14-7-5-10(3)13/h9,11H,4-8H2,1-3H3/t11-/m1/s1. The van der Waals surface area contributed by atoms with Gasteiger partial charge in [0, 0.05) is 25.6 Å². The molecule has 0 radical (unpaired) electrons. The van der Waals surface area contributed by atoms with Gasteiger partial charge in [0.05, 0.1) is 12.7 Å². The molecule has 0 unspecified atom stereocenters. The topological polar surface area (TPSA) is 29.5 Å². The maximum atomic E-state index is 10.7. The van der Waals surface area contributed by atoms with E-state index in [1.807, 2.05) is 0 Å². The molecular formula is C11H21NO2. The first-order valence-corrected chi connectivity index (χ1v) is 5.44. The molecule has 0 aromatic carbocycles. The molecule has 0 aromatic heterocycles. The second-order valence-electron chi connectivity index (χ2n) is 4.32. The highest BCUT2D eigenvalue weighted by molar-refractivity contribution is 5.75. The van der Waals surface area contributed by atoms with Crippen molar-refractivity contribution in [3.8, 4) is 0 Å². The van der Waals surface area contributed by atoms with E-state index in [4.69, 9.17) is 4.74 Å². The van der Waals surface area contributed by atoms with Gasteiger partial charge >= 0.3 is 0 Å². The van der Waals surface area contributed by atoms with Crippen molar-refractivity contribution in [3.05, 3.63) is 0 Å². The lowest BCUT2D eigenvalue weighted by Crippen LogP contribution is -2.29. The summed E-state index contributed by atoms with van der Waals surface area (Å²) in [6, 6.07) is 0.608. The summed E-state index contributed by atoms with van der Waals surface area (Å²) < 4.78 is 5.63. The second-order valence-corrected chi connectivity index (χ2v) is 4.32. The maximum absolute atomic E-state index is 10.7. The molecule has 1 saturated heterocycles. The highest BCUT2D eigenvalue weighted by Gasteiger charge is 2.24. The maximum Gasteiger partial charge on any atom is 0.132 e. The number of hydrogen-bond acceptors (Lipinski definition) is 3. The Balaban J connectivity index is 2.13. The van der Waals surface area contributed by atoms with E-state index >= 15 is 0 Å². The van der Waals surface area contributed by atoms with Crippen LogP contribution in [0, 0.1) is 0 Å². The first-order chi connectivity index (χ1) is 6.59. The molecule has 1 aliphatic rings. The first kappa shape index (κ1) is 11.7. The molecule has 82 valence electrons. The van der Waals surface area contributed by atoms with Crippen molar-refractivity contribution < 1.29 is 9.53 Å². The van der Waals surface area contributed by atoms with E-state index in [2.05, 4.69) is 18.7 Å². The number of carbonyl (C=O) groups is 1. The zero-order chi connectivity index (χ0) is 10.6. The Labute approximate surface area is 86.4 Å². The van der Waals surface area contributed by atoms with Gasteiger partial charge in [-0.2, -0.15) is 0 Å². The average Bonchev–Trinajstić information content (AvgIpc) is 2.52. The molecule has 0 aliphatic carbocycles. The average molecular weight is 199 g/mol. The zero-order valence-electron chi connectivity index (χ0n) is 9.45. The number of ketones is 1. The predicted octanol–water partition coefficient (Wildman–Crippen LogP) is 1.46. The number of ether oxygens (including phenoxy) is 1. The van der Waals surface area contributed by atoms with Crippen molar-refractivity contribution in [2.45, 2.75) is 45.8 Å². The van der Waals surface area contributed by atoms with E-state index in [1.54, 1.807) is 6.92 Å². The summed E-state index contributed by atoms with van der Waals surface area (Å²) in [7, 11) is 0. The van der Waals surface area contributed by atoms with Crippen molar-refractivity contribution in [1.29, 1.82) is 0 Å². The third-order valence-corrected chi connectivity index (χ3v) is 2.71. The Bertz CT molecular complexity index is 192. The SMILES string of the molecule is CC(=O)CCO[C@@H]1CCN(C(C)C)C1. The van der Waals surface area contributed by atoms with Crippen molar-refractivity contribution in [2.24, 2.45) is 0 Å². The number of likely N-dealkylation sites (tertiary alicyclic amines) is 1. The van der Waals surface area contributed by atoms with E-state index in [0.29, 0.717) is 25.2 Å². The molecule has 14 heavy (non-hydrogen) atoms. The van der Waals surface area contributed by atoms with E-state index in [-0.39, 0.29) is 5.78 Å². The van der Waals surface area contributed by atoms with Crippen molar-refractivity contribution in [2.75, 3.05) is 19.7 Å². The smallest absolute Gasteiger partial charge is 0.132 e. The van der Waals surface area contributed by atoms with Crippen LogP contribution in [0.5, 0.6) is 0 Å². The molecule has 1 aliphatic heterocycles. The van der Waals surface area contributed by atoms with Crippen molar-refractivity contribution in [3.63, 3.8) is 0 Å². The summed E-state index contributed by atoms with van der Waals surface area (Å²) in [4.78, 5) is 13.1. The van der Waals surface area contributed by atoms with Gasteiger partial charge < -0.3 is 4.74 Å². The van der Waals surface area contributed by atoms with Crippen LogP contribution in [0.2, 0.25) is 0 Å². The van der Waals surface area contributed by atoms with E-state index in [9.17, 15) is 4.79 Å². The fraction of sp³-hybridized carbons (Fsp3) is 0.909. The van der Waals surface area contributed by atoms with Gasteiger partial charge in [-0.15, -0.1) is 0 Å². The quantitative estimate of drug-likeness (QED) is 0.671.